The van der Waals surface area contributed by atoms with Gasteiger partial charge in [-0.2, -0.15) is 0 Å². The van der Waals surface area contributed by atoms with Crippen LogP contribution in [0.1, 0.15) is 48.1 Å². The fourth-order valence-corrected chi connectivity index (χ4v) is 2.99. The van der Waals surface area contributed by atoms with Crippen LogP contribution in [0.25, 0.3) is 0 Å². The Balaban J connectivity index is 2.17. The third-order valence-corrected chi connectivity index (χ3v) is 3.95. The molecule has 0 aliphatic rings. The Morgan fingerprint density at radius 3 is 2.35 bits per heavy atom. The summed E-state index contributed by atoms with van der Waals surface area (Å²) >= 11 is 3.48. The molecule has 0 radical (unpaired) electrons. The highest BCUT2D eigenvalue weighted by Gasteiger charge is 2.11. The normalized spacial score (nSPS) is 12.4. The van der Waals surface area contributed by atoms with Crippen LogP contribution in [0.2, 0.25) is 0 Å². The van der Waals surface area contributed by atoms with Crippen molar-refractivity contribution >= 4 is 15.9 Å². The molecule has 1 unspecified atom stereocenters. The number of aliphatic hydroxyl groups excluding tert-OH is 1. The lowest BCUT2D eigenvalue weighted by Gasteiger charge is -2.13. The van der Waals surface area contributed by atoms with Gasteiger partial charge in [0.05, 0.1) is 0 Å². The first-order valence-corrected chi connectivity index (χ1v) is 7.93. The third kappa shape index (κ3) is 3.94. The minimum absolute atomic E-state index is 0.563. The molecule has 2 rings (SSSR count). The predicted molar refractivity (Wildman–Crippen MR) is 88.0 cm³/mol. The van der Waals surface area contributed by atoms with E-state index in [1.807, 2.05) is 37.3 Å². The zero-order valence-corrected chi connectivity index (χ0v) is 13.7. The van der Waals surface area contributed by atoms with Gasteiger partial charge in [0.1, 0.15) is 6.10 Å². The minimum Gasteiger partial charge on any atom is -0.384 e. The predicted octanol–water partition coefficient (Wildman–Crippen LogP) is 5.18. The molecule has 2 aromatic carbocycles. The quantitative estimate of drug-likeness (QED) is 0.799. The standard InChI is InChI=1S/C18H21BrO/c1-3-4-5-14-6-8-15(9-7-14)18(20)16-10-13(2)11-17(19)12-16/h6-12,18,20H,3-5H2,1-2H3. The lowest BCUT2D eigenvalue weighted by atomic mass is 9.98. The highest BCUT2D eigenvalue weighted by molar-refractivity contribution is 9.10. The second-order valence-electron chi connectivity index (χ2n) is 5.31. The lowest BCUT2D eigenvalue weighted by molar-refractivity contribution is 0.220. The van der Waals surface area contributed by atoms with Gasteiger partial charge in [0.2, 0.25) is 0 Å². The van der Waals surface area contributed by atoms with Gasteiger partial charge in [0.25, 0.3) is 0 Å². The van der Waals surface area contributed by atoms with Gasteiger partial charge < -0.3 is 5.11 Å². The van der Waals surface area contributed by atoms with Crippen LogP contribution in [0.15, 0.2) is 46.9 Å². The van der Waals surface area contributed by atoms with Gasteiger partial charge >= 0.3 is 0 Å². The Hall–Kier alpha value is -1.12. The van der Waals surface area contributed by atoms with Crippen LogP contribution >= 0.6 is 15.9 Å². The van der Waals surface area contributed by atoms with Crippen LogP contribution in [0.3, 0.4) is 0 Å². The molecule has 0 aliphatic heterocycles. The summed E-state index contributed by atoms with van der Waals surface area (Å²) in [4.78, 5) is 0. The number of hydrogen-bond acceptors (Lipinski definition) is 1. The van der Waals surface area contributed by atoms with Gasteiger partial charge in [0, 0.05) is 4.47 Å². The maximum absolute atomic E-state index is 10.5. The number of hydrogen-bond donors (Lipinski definition) is 1. The van der Waals surface area contributed by atoms with Gasteiger partial charge in [0.15, 0.2) is 0 Å². The topological polar surface area (TPSA) is 20.2 Å². The number of rotatable bonds is 5. The highest BCUT2D eigenvalue weighted by atomic mass is 79.9. The molecule has 106 valence electrons. The molecule has 0 heterocycles. The summed E-state index contributed by atoms with van der Waals surface area (Å²) in [6, 6.07) is 14.4. The molecule has 0 bridgehead atoms. The minimum atomic E-state index is -0.563. The number of unbranched alkanes of at least 4 members (excludes halogenated alkanes) is 1. The van der Waals surface area contributed by atoms with Crippen molar-refractivity contribution in [2.24, 2.45) is 0 Å². The van der Waals surface area contributed by atoms with Gasteiger partial charge in [-0.3, -0.25) is 0 Å². The van der Waals surface area contributed by atoms with Crippen molar-refractivity contribution in [3.63, 3.8) is 0 Å². The van der Waals surface area contributed by atoms with Crippen molar-refractivity contribution in [1.29, 1.82) is 0 Å². The summed E-state index contributed by atoms with van der Waals surface area (Å²) in [6.07, 6.45) is 2.98. The van der Waals surface area contributed by atoms with Crippen LogP contribution in [0.5, 0.6) is 0 Å². The first-order valence-electron chi connectivity index (χ1n) is 7.14. The highest BCUT2D eigenvalue weighted by Crippen LogP contribution is 2.26. The van der Waals surface area contributed by atoms with E-state index < -0.39 is 6.10 Å². The zero-order chi connectivity index (χ0) is 14.5. The molecular weight excluding hydrogens is 312 g/mol. The van der Waals surface area contributed by atoms with E-state index in [-0.39, 0.29) is 0 Å². The van der Waals surface area contributed by atoms with E-state index in [2.05, 4.69) is 35.0 Å². The van der Waals surface area contributed by atoms with Crippen molar-refractivity contribution in [3.8, 4) is 0 Å². The van der Waals surface area contributed by atoms with Crippen LogP contribution < -0.4 is 0 Å². The molecular formula is C18H21BrO. The van der Waals surface area contributed by atoms with E-state index in [0.29, 0.717) is 0 Å². The molecule has 20 heavy (non-hydrogen) atoms. The summed E-state index contributed by atoms with van der Waals surface area (Å²) in [5, 5.41) is 10.5. The summed E-state index contributed by atoms with van der Waals surface area (Å²) in [5.41, 5.74) is 4.36. The molecule has 2 aromatic rings. The van der Waals surface area contributed by atoms with Crippen LogP contribution in [-0.2, 0) is 6.42 Å². The molecule has 0 aliphatic carbocycles. The van der Waals surface area contributed by atoms with Gasteiger partial charge in [-0.1, -0.05) is 59.6 Å². The number of benzene rings is 2. The van der Waals surface area contributed by atoms with E-state index >= 15 is 0 Å². The maximum atomic E-state index is 10.5. The van der Waals surface area contributed by atoms with E-state index in [9.17, 15) is 5.11 Å². The van der Waals surface area contributed by atoms with E-state index in [1.54, 1.807) is 0 Å². The Morgan fingerprint density at radius 1 is 1.05 bits per heavy atom. The first-order chi connectivity index (χ1) is 9.60. The average molecular weight is 333 g/mol. The maximum Gasteiger partial charge on any atom is 0.104 e. The molecule has 0 amide bonds. The smallest absolute Gasteiger partial charge is 0.104 e. The van der Waals surface area contributed by atoms with E-state index in [4.69, 9.17) is 0 Å². The molecule has 0 spiro atoms. The number of halogens is 1. The average Bonchev–Trinajstić information content (AvgIpc) is 2.44. The SMILES string of the molecule is CCCCc1ccc(C(O)c2cc(C)cc(Br)c2)cc1. The zero-order valence-electron chi connectivity index (χ0n) is 12.1. The molecule has 0 saturated carbocycles. The van der Waals surface area contributed by atoms with Crippen molar-refractivity contribution in [1.82, 2.24) is 0 Å². The second-order valence-corrected chi connectivity index (χ2v) is 6.23. The Morgan fingerprint density at radius 2 is 1.75 bits per heavy atom. The Labute approximate surface area is 129 Å². The molecule has 1 atom stereocenters. The molecule has 0 saturated heterocycles. The van der Waals surface area contributed by atoms with Crippen molar-refractivity contribution in [2.45, 2.75) is 39.2 Å². The monoisotopic (exact) mass is 332 g/mol. The van der Waals surface area contributed by atoms with Crippen molar-refractivity contribution in [2.75, 3.05) is 0 Å². The van der Waals surface area contributed by atoms with Crippen LogP contribution in [0, 0.1) is 6.92 Å². The molecule has 1 nitrogen and oxygen atoms in total. The molecule has 1 N–H and O–H groups in total. The third-order valence-electron chi connectivity index (χ3n) is 3.49. The van der Waals surface area contributed by atoms with Crippen LogP contribution in [0.4, 0.5) is 0 Å². The Bertz CT molecular complexity index is 540. The first kappa shape index (κ1) is 15.3. The second kappa shape index (κ2) is 7.05. The fraction of sp³-hybridized carbons (Fsp3) is 0.333. The summed E-state index contributed by atoms with van der Waals surface area (Å²) in [5.74, 6) is 0. The van der Waals surface area contributed by atoms with E-state index in [0.717, 1.165) is 27.6 Å². The van der Waals surface area contributed by atoms with Gasteiger partial charge in [-0.15, -0.1) is 0 Å². The fourth-order valence-electron chi connectivity index (χ4n) is 2.36. The number of aryl methyl sites for hydroxylation is 2. The largest absolute Gasteiger partial charge is 0.384 e. The van der Waals surface area contributed by atoms with Gasteiger partial charge in [-0.05, 0) is 54.2 Å². The van der Waals surface area contributed by atoms with Crippen LogP contribution in [-0.4, -0.2) is 5.11 Å². The lowest BCUT2D eigenvalue weighted by Crippen LogP contribution is -2.00. The van der Waals surface area contributed by atoms with E-state index in [1.165, 1.54) is 18.4 Å². The summed E-state index contributed by atoms with van der Waals surface area (Å²) in [7, 11) is 0. The van der Waals surface area contributed by atoms with Crippen molar-refractivity contribution in [3.05, 3.63) is 69.2 Å². The van der Waals surface area contributed by atoms with Crippen molar-refractivity contribution < 1.29 is 5.11 Å². The van der Waals surface area contributed by atoms with Gasteiger partial charge in [-0.25, -0.2) is 0 Å². The molecule has 0 aromatic heterocycles. The molecule has 2 heteroatoms. The summed E-state index contributed by atoms with van der Waals surface area (Å²) < 4.78 is 1.01. The molecule has 0 fully saturated rings. The number of aliphatic hydroxyl groups is 1. The summed E-state index contributed by atoms with van der Waals surface area (Å²) in [6.45, 7) is 4.24. The Kier molecular flexibility index (Phi) is 5.38.